The largest absolute Gasteiger partial charge is 0.481 e. The van der Waals surface area contributed by atoms with Gasteiger partial charge < -0.3 is 15.3 Å². The van der Waals surface area contributed by atoms with E-state index in [9.17, 15) is 14.4 Å². The SMILES string of the molecule is O=C(O)CC1CCN(C(=O)C2CNC(=O)CN2)C1. The van der Waals surface area contributed by atoms with Gasteiger partial charge in [0.25, 0.3) is 0 Å². The van der Waals surface area contributed by atoms with Gasteiger partial charge in [0.15, 0.2) is 0 Å². The summed E-state index contributed by atoms with van der Waals surface area (Å²) in [4.78, 5) is 35.4. The van der Waals surface area contributed by atoms with Crippen molar-refractivity contribution in [2.75, 3.05) is 26.2 Å². The van der Waals surface area contributed by atoms with Crippen LogP contribution in [-0.4, -0.2) is 60.0 Å². The maximum absolute atomic E-state index is 12.1. The zero-order chi connectivity index (χ0) is 13.1. The lowest BCUT2D eigenvalue weighted by molar-refractivity contribution is -0.139. The summed E-state index contributed by atoms with van der Waals surface area (Å²) in [6.45, 7) is 1.56. The number of carbonyl (C=O) groups excluding carboxylic acids is 2. The van der Waals surface area contributed by atoms with Crippen LogP contribution >= 0.6 is 0 Å². The molecule has 0 spiro atoms. The highest BCUT2D eigenvalue weighted by Crippen LogP contribution is 2.20. The van der Waals surface area contributed by atoms with Crippen molar-refractivity contribution in [3.8, 4) is 0 Å². The fraction of sp³-hybridized carbons (Fsp3) is 0.727. The summed E-state index contributed by atoms with van der Waals surface area (Å²) in [7, 11) is 0. The molecule has 3 N–H and O–H groups in total. The molecule has 100 valence electrons. The second-order valence-electron chi connectivity index (χ2n) is 4.77. The minimum absolute atomic E-state index is 0.0460. The lowest BCUT2D eigenvalue weighted by Gasteiger charge is -2.27. The average molecular weight is 255 g/mol. The molecule has 0 aromatic rings. The van der Waals surface area contributed by atoms with Crippen molar-refractivity contribution in [2.45, 2.75) is 18.9 Å². The molecule has 0 aliphatic carbocycles. The molecular weight excluding hydrogens is 238 g/mol. The van der Waals surface area contributed by atoms with Crippen LogP contribution in [0.4, 0.5) is 0 Å². The molecule has 2 aliphatic heterocycles. The molecule has 2 atom stereocenters. The minimum atomic E-state index is -0.822. The second kappa shape index (κ2) is 5.34. The maximum atomic E-state index is 12.1. The molecule has 7 heteroatoms. The quantitative estimate of drug-likeness (QED) is 0.564. The molecule has 2 unspecified atom stereocenters. The van der Waals surface area contributed by atoms with E-state index < -0.39 is 5.97 Å². The van der Waals surface area contributed by atoms with Gasteiger partial charge in [-0.3, -0.25) is 19.7 Å². The highest BCUT2D eigenvalue weighted by Gasteiger charge is 2.33. The van der Waals surface area contributed by atoms with Crippen molar-refractivity contribution in [1.82, 2.24) is 15.5 Å². The summed E-state index contributed by atoms with van der Waals surface area (Å²) in [5.41, 5.74) is 0. The van der Waals surface area contributed by atoms with Gasteiger partial charge >= 0.3 is 5.97 Å². The first kappa shape index (κ1) is 12.8. The second-order valence-corrected chi connectivity index (χ2v) is 4.77. The van der Waals surface area contributed by atoms with Crippen molar-refractivity contribution in [2.24, 2.45) is 5.92 Å². The Morgan fingerprint density at radius 2 is 2.22 bits per heavy atom. The standard InChI is InChI=1S/C11H17N3O4/c15-9-5-12-8(4-13-9)11(18)14-2-1-7(6-14)3-10(16)17/h7-8,12H,1-6H2,(H,13,15)(H,16,17). The predicted molar refractivity (Wildman–Crippen MR) is 61.7 cm³/mol. The van der Waals surface area contributed by atoms with Gasteiger partial charge in [0, 0.05) is 26.1 Å². The van der Waals surface area contributed by atoms with E-state index in [1.807, 2.05) is 0 Å². The van der Waals surface area contributed by atoms with Crippen LogP contribution in [0.1, 0.15) is 12.8 Å². The van der Waals surface area contributed by atoms with Gasteiger partial charge in [-0.05, 0) is 12.3 Å². The van der Waals surface area contributed by atoms with E-state index >= 15 is 0 Å². The number of piperazine rings is 1. The lowest BCUT2D eigenvalue weighted by atomic mass is 10.1. The van der Waals surface area contributed by atoms with Gasteiger partial charge in [0.2, 0.25) is 11.8 Å². The first-order valence-corrected chi connectivity index (χ1v) is 6.07. The van der Waals surface area contributed by atoms with Crippen LogP contribution in [0.3, 0.4) is 0 Å². The molecule has 2 aliphatic rings. The number of rotatable bonds is 3. The summed E-state index contributed by atoms with van der Waals surface area (Å²) in [5.74, 6) is -0.936. The summed E-state index contributed by atoms with van der Waals surface area (Å²) in [6, 6.07) is -0.383. The third-order valence-electron chi connectivity index (χ3n) is 3.37. The Labute approximate surface area is 105 Å². The van der Waals surface area contributed by atoms with E-state index in [1.165, 1.54) is 0 Å². The van der Waals surface area contributed by atoms with Crippen LogP contribution in [0.15, 0.2) is 0 Å². The molecular formula is C11H17N3O4. The summed E-state index contributed by atoms with van der Waals surface area (Å²) in [5, 5.41) is 14.2. The molecule has 0 saturated carbocycles. The van der Waals surface area contributed by atoms with Crippen LogP contribution in [0.5, 0.6) is 0 Å². The number of carboxylic acids is 1. The summed E-state index contributed by atoms with van der Waals surface area (Å²) >= 11 is 0. The number of aliphatic carboxylic acids is 1. The van der Waals surface area contributed by atoms with Gasteiger partial charge in [-0.25, -0.2) is 0 Å². The summed E-state index contributed by atoms with van der Waals surface area (Å²) < 4.78 is 0. The van der Waals surface area contributed by atoms with Crippen molar-refractivity contribution >= 4 is 17.8 Å². The topological polar surface area (TPSA) is 98.7 Å². The van der Waals surface area contributed by atoms with Crippen LogP contribution in [-0.2, 0) is 14.4 Å². The van der Waals surface area contributed by atoms with Gasteiger partial charge in [-0.15, -0.1) is 0 Å². The Kier molecular flexibility index (Phi) is 3.81. The third kappa shape index (κ3) is 2.98. The van der Waals surface area contributed by atoms with E-state index in [2.05, 4.69) is 10.6 Å². The number of nitrogens with zero attached hydrogens (tertiary/aromatic N) is 1. The van der Waals surface area contributed by atoms with E-state index in [4.69, 9.17) is 5.11 Å². The average Bonchev–Trinajstić information content (AvgIpc) is 2.76. The Morgan fingerprint density at radius 3 is 2.83 bits per heavy atom. The molecule has 2 amide bonds. The fourth-order valence-corrected chi connectivity index (χ4v) is 2.41. The van der Waals surface area contributed by atoms with Crippen LogP contribution in [0.2, 0.25) is 0 Å². The normalized spacial score (nSPS) is 28.0. The van der Waals surface area contributed by atoms with Crippen molar-refractivity contribution in [1.29, 1.82) is 0 Å². The van der Waals surface area contributed by atoms with E-state index in [1.54, 1.807) is 4.90 Å². The number of nitrogens with one attached hydrogen (secondary N) is 2. The molecule has 0 aromatic carbocycles. The van der Waals surface area contributed by atoms with Crippen molar-refractivity contribution in [3.05, 3.63) is 0 Å². The molecule has 7 nitrogen and oxygen atoms in total. The van der Waals surface area contributed by atoms with E-state index in [0.29, 0.717) is 19.6 Å². The molecule has 0 bridgehead atoms. The van der Waals surface area contributed by atoms with Gasteiger partial charge in [-0.1, -0.05) is 0 Å². The van der Waals surface area contributed by atoms with Crippen LogP contribution < -0.4 is 10.6 Å². The van der Waals surface area contributed by atoms with Crippen LogP contribution in [0.25, 0.3) is 0 Å². The lowest BCUT2D eigenvalue weighted by Crippen LogP contribution is -2.58. The van der Waals surface area contributed by atoms with Gasteiger partial charge in [-0.2, -0.15) is 0 Å². The highest BCUT2D eigenvalue weighted by atomic mass is 16.4. The highest BCUT2D eigenvalue weighted by molar-refractivity contribution is 5.87. The number of hydrogen-bond acceptors (Lipinski definition) is 4. The molecule has 2 heterocycles. The zero-order valence-electron chi connectivity index (χ0n) is 10.0. The van der Waals surface area contributed by atoms with Crippen LogP contribution in [0, 0.1) is 5.92 Å². The number of carboxylic acid groups (broad SMARTS) is 1. The molecule has 2 saturated heterocycles. The van der Waals surface area contributed by atoms with Crippen molar-refractivity contribution < 1.29 is 19.5 Å². The number of carbonyl (C=O) groups is 3. The summed E-state index contributed by atoms with van der Waals surface area (Å²) in [6.07, 6.45) is 0.843. The maximum Gasteiger partial charge on any atom is 0.303 e. The van der Waals surface area contributed by atoms with E-state index in [0.717, 1.165) is 6.42 Å². The Bertz CT molecular complexity index is 361. The Morgan fingerprint density at radius 1 is 1.44 bits per heavy atom. The molecule has 2 rings (SSSR count). The Hall–Kier alpha value is -1.63. The smallest absolute Gasteiger partial charge is 0.303 e. The number of likely N-dealkylation sites (tertiary alicyclic amines) is 1. The first-order chi connectivity index (χ1) is 8.56. The molecule has 0 aromatic heterocycles. The van der Waals surface area contributed by atoms with Crippen molar-refractivity contribution in [3.63, 3.8) is 0 Å². The molecule has 18 heavy (non-hydrogen) atoms. The first-order valence-electron chi connectivity index (χ1n) is 6.07. The van der Waals surface area contributed by atoms with E-state index in [-0.39, 0.29) is 36.7 Å². The Balaban J connectivity index is 1.83. The monoisotopic (exact) mass is 255 g/mol. The van der Waals surface area contributed by atoms with Gasteiger partial charge in [0.1, 0.15) is 6.04 Å². The third-order valence-corrected chi connectivity index (χ3v) is 3.37. The van der Waals surface area contributed by atoms with Gasteiger partial charge in [0.05, 0.1) is 6.54 Å². The number of hydrogen-bond donors (Lipinski definition) is 3. The molecule has 2 fully saturated rings. The minimum Gasteiger partial charge on any atom is -0.481 e. The number of amides is 2. The predicted octanol–water partition coefficient (Wildman–Crippen LogP) is -1.60. The fourth-order valence-electron chi connectivity index (χ4n) is 2.41. The zero-order valence-corrected chi connectivity index (χ0v) is 10.0. The molecule has 0 radical (unpaired) electrons.